The van der Waals surface area contributed by atoms with E-state index < -0.39 is 12.6 Å². The molecule has 146 valence electrons. The highest BCUT2D eigenvalue weighted by molar-refractivity contribution is 5.99. The first-order valence-electron chi connectivity index (χ1n) is 8.71. The fourth-order valence-electron chi connectivity index (χ4n) is 2.21. The number of hydrogen-bond acceptors (Lipinski definition) is 6. The van der Waals surface area contributed by atoms with Crippen LogP contribution in [0.2, 0.25) is 0 Å². The summed E-state index contributed by atoms with van der Waals surface area (Å²) in [6, 6.07) is 12.7. The van der Waals surface area contributed by atoms with Gasteiger partial charge in [0.25, 0.3) is 0 Å². The summed E-state index contributed by atoms with van der Waals surface area (Å²) in [5.41, 5.74) is 1.42. The van der Waals surface area contributed by atoms with Crippen molar-refractivity contribution in [1.82, 2.24) is 0 Å². The highest BCUT2D eigenvalue weighted by Crippen LogP contribution is 2.14. The summed E-state index contributed by atoms with van der Waals surface area (Å²) in [6.45, 7) is 2.38. The van der Waals surface area contributed by atoms with Gasteiger partial charge in [-0.15, -0.1) is 0 Å². The average Bonchev–Trinajstić information content (AvgIpc) is 2.71. The molecule has 0 radical (unpaired) electrons. The topological polar surface area (TPSA) is 98.8 Å². The number of ketones is 2. The lowest BCUT2D eigenvalue weighted by molar-refractivity contribution is -0.144. The Morgan fingerprint density at radius 3 is 2.29 bits per heavy atom. The standard InChI is InChI=1S/C21H21NO6/c1-3-20(25)22-17-9-7-15(8-10-17)19(24)12-28-21(26)13-27-18-6-4-5-16(11-18)14(2)23/h4-11H,3,12-13H2,1-2H3,(H,22,25). The molecule has 0 spiro atoms. The van der Waals surface area contributed by atoms with Crippen LogP contribution in [-0.2, 0) is 14.3 Å². The third-order valence-corrected chi connectivity index (χ3v) is 3.77. The van der Waals surface area contributed by atoms with E-state index in [4.69, 9.17) is 9.47 Å². The van der Waals surface area contributed by atoms with E-state index in [1.807, 2.05) is 0 Å². The van der Waals surface area contributed by atoms with Gasteiger partial charge in [-0.05, 0) is 43.3 Å². The fraction of sp³-hybridized carbons (Fsp3) is 0.238. The minimum absolute atomic E-state index is 0.112. The predicted octanol–water partition coefficient (Wildman–Crippen LogP) is 3.04. The molecule has 0 fully saturated rings. The van der Waals surface area contributed by atoms with Crippen molar-refractivity contribution in [3.05, 3.63) is 59.7 Å². The number of carbonyl (C=O) groups excluding carboxylic acids is 4. The van der Waals surface area contributed by atoms with E-state index in [-0.39, 0.29) is 24.1 Å². The Labute approximate surface area is 162 Å². The number of esters is 1. The first-order chi connectivity index (χ1) is 13.4. The van der Waals surface area contributed by atoms with Gasteiger partial charge in [-0.25, -0.2) is 4.79 Å². The van der Waals surface area contributed by atoms with E-state index in [0.717, 1.165) is 0 Å². The Morgan fingerprint density at radius 1 is 0.929 bits per heavy atom. The summed E-state index contributed by atoms with van der Waals surface area (Å²) in [4.78, 5) is 46.5. The van der Waals surface area contributed by atoms with E-state index in [1.165, 1.54) is 13.0 Å². The largest absolute Gasteiger partial charge is 0.482 e. The van der Waals surface area contributed by atoms with Crippen molar-refractivity contribution in [3.63, 3.8) is 0 Å². The Hall–Kier alpha value is -3.48. The Kier molecular flexibility index (Phi) is 7.45. The van der Waals surface area contributed by atoms with Crippen LogP contribution in [0.15, 0.2) is 48.5 Å². The number of hydrogen-bond donors (Lipinski definition) is 1. The summed E-state index contributed by atoms with van der Waals surface area (Å²) in [5, 5.41) is 2.68. The summed E-state index contributed by atoms with van der Waals surface area (Å²) in [7, 11) is 0. The monoisotopic (exact) mass is 383 g/mol. The first-order valence-corrected chi connectivity index (χ1v) is 8.71. The second kappa shape index (κ2) is 10.0. The third kappa shape index (κ3) is 6.35. The summed E-state index contributed by atoms with van der Waals surface area (Å²) < 4.78 is 10.2. The Morgan fingerprint density at radius 2 is 1.64 bits per heavy atom. The molecule has 1 N–H and O–H groups in total. The number of rotatable bonds is 9. The number of benzene rings is 2. The van der Waals surface area contributed by atoms with Crippen molar-refractivity contribution in [3.8, 4) is 5.75 Å². The lowest BCUT2D eigenvalue weighted by atomic mass is 10.1. The van der Waals surface area contributed by atoms with Crippen molar-refractivity contribution in [2.75, 3.05) is 18.5 Å². The van der Waals surface area contributed by atoms with E-state index in [1.54, 1.807) is 49.4 Å². The zero-order valence-corrected chi connectivity index (χ0v) is 15.7. The molecule has 2 aromatic rings. The summed E-state index contributed by atoms with van der Waals surface area (Å²) in [6.07, 6.45) is 0.359. The highest BCUT2D eigenvalue weighted by Gasteiger charge is 2.11. The quantitative estimate of drug-likeness (QED) is 0.528. The number of carbonyl (C=O) groups is 4. The molecule has 0 aliphatic rings. The summed E-state index contributed by atoms with van der Waals surface area (Å²) in [5.74, 6) is -0.949. The van der Waals surface area contributed by atoms with Crippen molar-refractivity contribution >= 4 is 29.1 Å². The molecule has 0 aliphatic heterocycles. The van der Waals surface area contributed by atoms with Crippen LogP contribution in [-0.4, -0.2) is 36.7 Å². The van der Waals surface area contributed by atoms with Gasteiger partial charge in [0.05, 0.1) is 0 Å². The van der Waals surface area contributed by atoms with Gasteiger partial charge >= 0.3 is 5.97 Å². The van der Waals surface area contributed by atoms with Gasteiger partial charge in [0, 0.05) is 23.2 Å². The highest BCUT2D eigenvalue weighted by atomic mass is 16.6. The maximum atomic E-state index is 12.1. The number of anilines is 1. The average molecular weight is 383 g/mol. The lowest BCUT2D eigenvalue weighted by Gasteiger charge is -2.08. The smallest absolute Gasteiger partial charge is 0.344 e. The molecular formula is C21H21NO6. The van der Waals surface area contributed by atoms with Gasteiger partial charge in [0.15, 0.2) is 24.8 Å². The van der Waals surface area contributed by atoms with Crippen LogP contribution < -0.4 is 10.1 Å². The van der Waals surface area contributed by atoms with Crippen LogP contribution in [0, 0.1) is 0 Å². The SMILES string of the molecule is CCC(=O)Nc1ccc(C(=O)COC(=O)COc2cccc(C(C)=O)c2)cc1. The number of ether oxygens (including phenoxy) is 2. The molecule has 0 aliphatic carbocycles. The van der Waals surface area contributed by atoms with Gasteiger partial charge < -0.3 is 14.8 Å². The molecule has 7 heteroatoms. The minimum atomic E-state index is -0.701. The number of Topliss-reactive ketones (excluding diaryl/α,β-unsaturated/α-hetero) is 2. The number of nitrogens with one attached hydrogen (secondary N) is 1. The zero-order valence-electron chi connectivity index (χ0n) is 15.7. The van der Waals surface area contributed by atoms with Crippen molar-refractivity contribution < 1.29 is 28.7 Å². The van der Waals surface area contributed by atoms with Crippen LogP contribution in [0.1, 0.15) is 41.0 Å². The van der Waals surface area contributed by atoms with Crippen molar-refractivity contribution in [2.24, 2.45) is 0 Å². The van der Waals surface area contributed by atoms with Crippen LogP contribution >= 0.6 is 0 Å². The van der Waals surface area contributed by atoms with Crippen molar-refractivity contribution in [2.45, 2.75) is 20.3 Å². The third-order valence-electron chi connectivity index (χ3n) is 3.77. The normalized spacial score (nSPS) is 10.1. The molecule has 0 heterocycles. The molecule has 2 aromatic carbocycles. The van der Waals surface area contributed by atoms with Crippen molar-refractivity contribution in [1.29, 1.82) is 0 Å². The van der Waals surface area contributed by atoms with E-state index in [0.29, 0.717) is 29.0 Å². The van der Waals surface area contributed by atoms with Crippen LogP contribution in [0.25, 0.3) is 0 Å². The molecule has 0 saturated heterocycles. The zero-order chi connectivity index (χ0) is 20.5. The van der Waals surface area contributed by atoms with Gasteiger partial charge in [-0.2, -0.15) is 0 Å². The van der Waals surface area contributed by atoms with E-state index >= 15 is 0 Å². The van der Waals surface area contributed by atoms with E-state index in [2.05, 4.69) is 5.32 Å². The van der Waals surface area contributed by atoms with E-state index in [9.17, 15) is 19.2 Å². The van der Waals surface area contributed by atoms with Gasteiger partial charge in [0.1, 0.15) is 5.75 Å². The molecular weight excluding hydrogens is 362 g/mol. The Bertz CT molecular complexity index is 873. The minimum Gasteiger partial charge on any atom is -0.482 e. The molecule has 0 atom stereocenters. The Balaban J connectivity index is 1.80. The molecule has 28 heavy (non-hydrogen) atoms. The summed E-state index contributed by atoms with van der Waals surface area (Å²) >= 11 is 0. The second-order valence-corrected chi connectivity index (χ2v) is 5.94. The molecule has 0 saturated carbocycles. The fourth-order valence-corrected chi connectivity index (χ4v) is 2.21. The van der Waals surface area contributed by atoms with Crippen LogP contribution in [0.4, 0.5) is 5.69 Å². The molecule has 1 amide bonds. The van der Waals surface area contributed by atoms with Gasteiger partial charge in [-0.3, -0.25) is 14.4 Å². The molecule has 0 unspecified atom stereocenters. The predicted molar refractivity (Wildman–Crippen MR) is 103 cm³/mol. The lowest BCUT2D eigenvalue weighted by Crippen LogP contribution is -2.19. The second-order valence-electron chi connectivity index (χ2n) is 5.94. The van der Waals surface area contributed by atoms with Gasteiger partial charge in [-0.1, -0.05) is 19.1 Å². The maximum Gasteiger partial charge on any atom is 0.344 e. The first kappa shape index (κ1) is 20.8. The molecule has 2 rings (SSSR count). The molecule has 0 aromatic heterocycles. The molecule has 0 bridgehead atoms. The van der Waals surface area contributed by atoms with Crippen LogP contribution in [0.5, 0.6) is 5.75 Å². The molecule has 7 nitrogen and oxygen atoms in total. The number of amides is 1. The van der Waals surface area contributed by atoms with Gasteiger partial charge in [0.2, 0.25) is 5.91 Å². The maximum absolute atomic E-state index is 12.1. The van der Waals surface area contributed by atoms with Crippen LogP contribution in [0.3, 0.4) is 0 Å².